The molecule has 32 heavy (non-hydrogen) atoms. The third-order valence-corrected chi connectivity index (χ3v) is 7.20. The number of pyridine rings is 1. The van der Waals surface area contributed by atoms with Crippen molar-refractivity contribution in [1.29, 1.82) is 5.26 Å². The second kappa shape index (κ2) is 10.4. The summed E-state index contributed by atoms with van der Waals surface area (Å²) >= 11 is 0. The van der Waals surface area contributed by atoms with Crippen LogP contribution in [0.25, 0.3) is 21.9 Å². The maximum atomic E-state index is 12.3. The normalized spacial score (nSPS) is 11.5. The smallest absolute Gasteiger partial charge is 0.213 e. The van der Waals surface area contributed by atoms with Gasteiger partial charge >= 0.3 is 0 Å². The van der Waals surface area contributed by atoms with Gasteiger partial charge in [-0.25, -0.2) is 12.7 Å². The van der Waals surface area contributed by atoms with Crippen LogP contribution in [0.15, 0.2) is 48.8 Å². The van der Waals surface area contributed by atoms with Crippen molar-refractivity contribution in [3.05, 3.63) is 54.4 Å². The van der Waals surface area contributed by atoms with Gasteiger partial charge in [0.25, 0.3) is 0 Å². The second-order valence-electron chi connectivity index (χ2n) is 7.37. The number of anilines is 1. The highest BCUT2D eigenvalue weighted by Crippen LogP contribution is 2.32. The molecule has 0 amide bonds. The Morgan fingerprint density at radius 1 is 1.12 bits per heavy atom. The van der Waals surface area contributed by atoms with E-state index in [1.807, 2.05) is 31.2 Å². The Morgan fingerprint density at radius 2 is 1.94 bits per heavy atom. The lowest BCUT2D eigenvalue weighted by atomic mass is 9.99. The van der Waals surface area contributed by atoms with Gasteiger partial charge in [0.05, 0.1) is 18.4 Å². The van der Waals surface area contributed by atoms with E-state index in [4.69, 9.17) is 4.74 Å². The standard InChI is InChI=1S/C24H28N4O3S/c1-4-11-28(32(29,30)5-2)12-10-27-23-15-20(14-19-8-9-26-17-22(19)23)18-6-7-24(31-3)21(13-18)16-25/h6-9,13-15,17,27H,4-5,10-12H2,1-3H3. The van der Waals surface area contributed by atoms with E-state index in [9.17, 15) is 13.7 Å². The Bertz CT molecular complexity index is 1240. The number of nitrogens with one attached hydrogen (secondary N) is 1. The number of sulfonamides is 1. The fourth-order valence-electron chi connectivity index (χ4n) is 3.62. The number of hydrogen-bond donors (Lipinski definition) is 1. The van der Waals surface area contributed by atoms with Gasteiger partial charge in [-0.05, 0) is 60.2 Å². The summed E-state index contributed by atoms with van der Waals surface area (Å²) in [6.07, 6.45) is 4.30. The monoisotopic (exact) mass is 452 g/mol. The molecule has 0 saturated heterocycles. The molecule has 2 aromatic carbocycles. The zero-order valence-corrected chi connectivity index (χ0v) is 19.4. The first-order valence-corrected chi connectivity index (χ1v) is 12.2. The molecule has 8 heteroatoms. The van der Waals surface area contributed by atoms with Crippen molar-refractivity contribution >= 4 is 26.5 Å². The van der Waals surface area contributed by atoms with Gasteiger partial charge in [-0.2, -0.15) is 5.26 Å². The predicted molar refractivity (Wildman–Crippen MR) is 128 cm³/mol. The molecule has 3 rings (SSSR count). The number of benzene rings is 2. The minimum atomic E-state index is -3.25. The van der Waals surface area contributed by atoms with Crippen LogP contribution in [-0.4, -0.2) is 50.2 Å². The fourth-order valence-corrected chi connectivity index (χ4v) is 4.82. The van der Waals surface area contributed by atoms with E-state index in [-0.39, 0.29) is 5.75 Å². The minimum Gasteiger partial charge on any atom is -0.495 e. The molecular formula is C24H28N4O3S. The van der Waals surface area contributed by atoms with Gasteiger partial charge in [-0.15, -0.1) is 0 Å². The molecule has 0 bridgehead atoms. The first-order chi connectivity index (χ1) is 15.4. The number of hydrogen-bond acceptors (Lipinski definition) is 6. The predicted octanol–water partition coefficient (Wildman–Crippen LogP) is 4.26. The summed E-state index contributed by atoms with van der Waals surface area (Å²) < 4.78 is 31.5. The van der Waals surface area contributed by atoms with Gasteiger partial charge in [-0.3, -0.25) is 4.98 Å². The number of methoxy groups -OCH3 is 1. The zero-order valence-electron chi connectivity index (χ0n) is 18.6. The van der Waals surface area contributed by atoms with Crippen LogP contribution < -0.4 is 10.1 Å². The Labute approximate surface area is 189 Å². The van der Waals surface area contributed by atoms with Crippen molar-refractivity contribution in [3.8, 4) is 22.9 Å². The number of rotatable bonds is 10. The zero-order chi connectivity index (χ0) is 23.1. The number of fused-ring (bicyclic) bond motifs is 1. The van der Waals surface area contributed by atoms with Gasteiger partial charge in [0.2, 0.25) is 10.0 Å². The van der Waals surface area contributed by atoms with Crippen LogP contribution in [0, 0.1) is 11.3 Å². The lowest BCUT2D eigenvalue weighted by Crippen LogP contribution is -2.36. The first-order valence-electron chi connectivity index (χ1n) is 10.6. The van der Waals surface area contributed by atoms with E-state index in [0.29, 0.717) is 30.9 Å². The maximum Gasteiger partial charge on any atom is 0.213 e. The molecule has 3 aromatic rings. The fraction of sp³-hybridized carbons (Fsp3) is 0.333. The molecular weight excluding hydrogens is 424 g/mol. The summed E-state index contributed by atoms with van der Waals surface area (Å²) in [6, 6.07) is 13.7. The second-order valence-corrected chi connectivity index (χ2v) is 9.63. The summed E-state index contributed by atoms with van der Waals surface area (Å²) in [4.78, 5) is 4.25. The third kappa shape index (κ3) is 5.18. The van der Waals surface area contributed by atoms with Gasteiger partial charge in [-0.1, -0.05) is 13.0 Å². The van der Waals surface area contributed by atoms with E-state index in [1.165, 1.54) is 4.31 Å². The average molecular weight is 453 g/mol. The van der Waals surface area contributed by atoms with Gasteiger partial charge < -0.3 is 10.1 Å². The Morgan fingerprint density at radius 3 is 2.62 bits per heavy atom. The number of nitrogens with zero attached hydrogens (tertiary/aromatic N) is 3. The molecule has 0 atom stereocenters. The molecule has 0 spiro atoms. The Kier molecular flexibility index (Phi) is 7.67. The van der Waals surface area contributed by atoms with Crippen LogP contribution in [0.5, 0.6) is 5.75 Å². The first kappa shape index (κ1) is 23.5. The summed E-state index contributed by atoms with van der Waals surface area (Å²) in [5.41, 5.74) is 3.17. The van der Waals surface area contributed by atoms with Crippen molar-refractivity contribution in [2.45, 2.75) is 20.3 Å². The van der Waals surface area contributed by atoms with E-state index < -0.39 is 10.0 Å². The summed E-state index contributed by atoms with van der Waals surface area (Å²) in [5.74, 6) is 0.626. The summed E-state index contributed by atoms with van der Waals surface area (Å²) in [7, 11) is -1.70. The third-order valence-electron chi connectivity index (χ3n) is 5.32. The highest BCUT2D eigenvalue weighted by Gasteiger charge is 2.18. The largest absolute Gasteiger partial charge is 0.495 e. The summed E-state index contributed by atoms with van der Waals surface area (Å²) in [5, 5.41) is 14.8. The number of aromatic nitrogens is 1. The van der Waals surface area contributed by atoms with E-state index >= 15 is 0 Å². The van der Waals surface area contributed by atoms with Gasteiger partial charge in [0.1, 0.15) is 11.8 Å². The van der Waals surface area contributed by atoms with Crippen molar-refractivity contribution < 1.29 is 13.2 Å². The van der Waals surface area contributed by atoms with E-state index in [0.717, 1.165) is 34.0 Å². The van der Waals surface area contributed by atoms with Crippen molar-refractivity contribution in [2.24, 2.45) is 0 Å². The molecule has 1 N–H and O–H groups in total. The lowest BCUT2D eigenvalue weighted by Gasteiger charge is -2.21. The molecule has 0 saturated carbocycles. The van der Waals surface area contributed by atoms with Crippen LogP contribution in [0.2, 0.25) is 0 Å². The Balaban J connectivity index is 1.93. The van der Waals surface area contributed by atoms with Crippen LogP contribution in [0.4, 0.5) is 5.69 Å². The Hall–Kier alpha value is -3.15. The molecule has 0 radical (unpaired) electrons. The molecule has 168 valence electrons. The molecule has 0 aliphatic rings. The molecule has 0 aliphatic heterocycles. The molecule has 1 heterocycles. The van der Waals surface area contributed by atoms with Gasteiger partial charge in [0, 0.05) is 43.1 Å². The highest BCUT2D eigenvalue weighted by atomic mass is 32.2. The topological polar surface area (TPSA) is 95.3 Å². The highest BCUT2D eigenvalue weighted by molar-refractivity contribution is 7.89. The van der Waals surface area contributed by atoms with Crippen molar-refractivity contribution in [3.63, 3.8) is 0 Å². The summed E-state index contributed by atoms with van der Waals surface area (Å²) in [6.45, 7) is 5.00. The molecule has 7 nitrogen and oxygen atoms in total. The molecule has 1 aromatic heterocycles. The van der Waals surface area contributed by atoms with Crippen molar-refractivity contribution in [2.75, 3.05) is 37.8 Å². The van der Waals surface area contributed by atoms with Crippen LogP contribution in [0.3, 0.4) is 0 Å². The SMILES string of the molecule is CCCN(CCNc1cc(-c2ccc(OC)c(C#N)c2)cc2ccncc12)S(=O)(=O)CC. The van der Waals surface area contributed by atoms with E-state index in [1.54, 1.807) is 32.5 Å². The maximum absolute atomic E-state index is 12.3. The van der Waals surface area contributed by atoms with Crippen LogP contribution in [-0.2, 0) is 10.0 Å². The number of ether oxygens (including phenoxy) is 1. The lowest BCUT2D eigenvalue weighted by molar-refractivity contribution is 0.413. The van der Waals surface area contributed by atoms with Crippen molar-refractivity contribution in [1.82, 2.24) is 9.29 Å². The average Bonchev–Trinajstić information content (AvgIpc) is 2.82. The quantitative estimate of drug-likeness (QED) is 0.494. The van der Waals surface area contributed by atoms with Gasteiger partial charge in [0.15, 0.2) is 0 Å². The molecule has 0 unspecified atom stereocenters. The number of nitriles is 1. The van der Waals surface area contributed by atoms with Crippen LogP contribution in [0.1, 0.15) is 25.8 Å². The van der Waals surface area contributed by atoms with E-state index in [2.05, 4.69) is 22.4 Å². The van der Waals surface area contributed by atoms with Crippen LogP contribution >= 0.6 is 0 Å². The minimum absolute atomic E-state index is 0.0913. The molecule has 0 fully saturated rings. The molecule has 0 aliphatic carbocycles.